The third-order valence-electron chi connectivity index (χ3n) is 3.33. The first-order valence-corrected chi connectivity index (χ1v) is 7.66. The van der Waals surface area contributed by atoms with E-state index < -0.39 is 0 Å². The van der Waals surface area contributed by atoms with Crippen LogP contribution in [0, 0.1) is 6.92 Å². The highest BCUT2D eigenvalue weighted by Crippen LogP contribution is 2.28. The molecule has 0 radical (unpaired) electrons. The summed E-state index contributed by atoms with van der Waals surface area (Å²) >= 11 is 6.08. The molecule has 0 aliphatic heterocycles. The Morgan fingerprint density at radius 1 is 1.12 bits per heavy atom. The molecule has 24 heavy (non-hydrogen) atoms. The molecule has 6 heteroatoms. The van der Waals surface area contributed by atoms with Crippen molar-refractivity contribution in [3.63, 3.8) is 0 Å². The van der Waals surface area contributed by atoms with Gasteiger partial charge in [-0.25, -0.2) is 0 Å². The summed E-state index contributed by atoms with van der Waals surface area (Å²) in [5.74, 6) is 0.349. The van der Waals surface area contributed by atoms with Crippen molar-refractivity contribution in [2.75, 3.05) is 19.0 Å². The number of aryl methyl sites for hydroxylation is 1. The minimum absolute atomic E-state index is 0.0772. The monoisotopic (exact) mass is 347 g/mol. The Morgan fingerprint density at radius 2 is 1.88 bits per heavy atom. The van der Waals surface area contributed by atoms with E-state index in [1.807, 2.05) is 13.0 Å². The molecule has 0 heterocycles. The maximum absolute atomic E-state index is 12.0. The summed E-state index contributed by atoms with van der Waals surface area (Å²) in [5, 5.41) is 3.15. The van der Waals surface area contributed by atoms with E-state index in [2.05, 4.69) is 5.32 Å². The summed E-state index contributed by atoms with van der Waals surface area (Å²) in [4.78, 5) is 23.4. The lowest BCUT2D eigenvalue weighted by atomic mass is 10.1. The number of ether oxygens (including phenoxy) is 2. The average Bonchev–Trinajstić information content (AvgIpc) is 2.55. The van der Waals surface area contributed by atoms with E-state index in [9.17, 15) is 9.59 Å². The molecular weight excluding hydrogens is 330 g/mol. The Balaban J connectivity index is 2.02. The third kappa shape index (κ3) is 4.49. The van der Waals surface area contributed by atoms with Gasteiger partial charge >= 0.3 is 0 Å². The van der Waals surface area contributed by atoms with Crippen LogP contribution in [0.1, 0.15) is 22.8 Å². The number of benzene rings is 2. The third-order valence-corrected chi connectivity index (χ3v) is 3.64. The summed E-state index contributed by atoms with van der Waals surface area (Å²) in [5.41, 5.74) is 2.04. The summed E-state index contributed by atoms with van der Waals surface area (Å²) in [7, 11) is 1.47. The second-order valence-electron chi connectivity index (χ2n) is 5.24. The number of rotatable bonds is 6. The zero-order chi connectivity index (χ0) is 17.7. The molecule has 2 aromatic carbocycles. The average molecular weight is 348 g/mol. The van der Waals surface area contributed by atoms with Crippen molar-refractivity contribution in [3.8, 4) is 11.5 Å². The highest BCUT2D eigenvalue weighted by molar-refractivity contribution is 6.33. The molecule has 0 aliphatic rings. The number of halogens is 1. The van der Waals surface area contributed by atoms with Gasteiger partial charge in [-0.2, -0.15) is 0 Å². The largest absolute Gasteiger partial charge is 0.493 e. The molecule has 0 spiro atoms. The number of anilines is 1. The molecule has 0 unspecified atom stereocenters. The first kappa shape index (κ1) is 17.8. The number of amides is 1. The molecule has 2 aromatic rings. The van der Waals surface area contributed by atoms with Crippen LogP contribution >= 0.6 is 11.6 Å². The summed E-state index contributed by atoms with van der Waals surface area (Å²) < 4.78 is 10.7. The fraction of sp³-hybridized carbons (Fsp3) is 0.222. The van der Waals surface area contributed by atoms with Gasteiger partial charge in [0.05, 0.1) is 17.8 Å². The van der Waals surface area contributed by atoms with Crippen LogP contribution in [-0.2, 0) is 4.79 Å². The van der Waals surface area contributed by atoms with Gasteiger partial charge < -0.3 is 14.8 Å². The Labute approximate surface area is 145 Å². The van der Waals surface area contributed by atoms with E-state index in [0.29, 0.717) is 27.8 Å². The van der Waals surface area contributed by atoms with E-state index in [0.717, 1.165) is 5.56 Å². The lowest BCUT2D eigenvalue weighted by Gasteiger charge is -2.12. The Morgan fingerprint density at radius 3 is 2.50 bits per heavy atom. The van der Waals surface area contributed by atoms with Crippen LogP contribution in [0.3, 0.4) is 0 Å². The van der Waals surface area contributed by atoms with Crippen LogP contribution in [0.4, 0.5) is 5.69 Å². The smallest absolute Gasteiger partial charge is 0.262 e. The minimum Gasteiger partial charge on any atom is -0.493 e. The van der Waals surface area contributed by atoms with Crippen molar-refractivity contribution in [2.24, 2.45) is 0 Å². The topological polar surface area (TPSA) is 64.6 Å². The Hall–Kier alpha value is -2.53. The van der Waals surface area contributed by atoms with Gasteiger partial charge in [-0.15, -0.1) is 0 Å². The van der Waals surface area contributed by atoms with E-state index in [-0.39, 0.29) is 18.3 Å². The number of nitrogens with one attached hydrogen (secondary N) is 1. The van der Waals surface area contributed by atoms with Crippen molar-refractivity contribution in [3.05, 3.63) is 52.5 Å². The van der Waals surface area contributed by atoms with Crippen molar-refractivity contribution in [1.82, 2.24) is 0 Å². The minimum atomic E-state index is -0.349. The molecular formula is C18H18ClNO4. The van der Waals surface area contributed by atoms with Crippen molar-refractivity contribution in [1.29, 1.82) is 0 Å². The van der Waals surface area contributed by atoms with Gasteiger partial charge in [-0.05, 0) is 49.7 Å². The van der Waals surface area contributed by atoms with Gasteiger partial charge in [-0.1, -0.05) is 17.7 Å². The number of ketones is 1. The number of methoxy groups -OCH3 is 1. The van der Waals surface area contributed by atoms with E-state index in [4.69, 9.17) is 21.1 Å². The summed E-state index contributed by atoms with van der Waals surface area (Å²) in [6, 6.07) is 10.1. The highest BCUT2D eigenvalue weighted by atomic mass is 35.5. The van der Waals surface area contributed by atoms with Crippen LogP contribution in [-0.4, -0.2) is 25.4 Å². The first-order valence-electron chi connectivity index (χ1n) is 7.28. The molecule has 0 aliphatic carbocycles. The van der Waals surface area contributed by atoms with E-state index >= 15 is 0 Å². The molecule has 0 saturated carbocycles. The molecule has 1 amide bonds. The molecule has 0 saturated heterocycles. The SMILES string of the molecule is COc1cc(C(C)=O)ccc1OCC(=O)Nc1ccc(C)cc1Cl. The zero-order valence-electron chi connectivity index (χ0n) is 13.7. The summed E-state index contributed by atoms with van der Waals surface area (Å²) in [6.07, 6.45) is 0. The van der Waals surface area contributed by atoms with Gasteiger partial charge in [0.1, 0.15) is 0 Å². The molecule has 5 nitrogen and oxygen atoms in total. The van der Waals surface area contributed by atoms with Gasteiger partial charge in [0.15, 0.2) is 23.9 Å². The Kier molecular flexibility index (Phi) is 5.82. The second-order valence-corrected chi connectivity index (χ2v) is 5.65. The fourth-order valence-corrected chi connectivity index (χ4v) is 2.34. The van der Waals surface area contributed by atoms with Crippen LogP contribution in [0.5, 0.6) is 11.5 Å². The predicted molar refractivity (Wildman–Crippen MR) is 93.3 cm³/mol. The number of carbonyl (C=O) groups excluding carboxylic acids is 2. The molecule has 0 bridgehead atoms. The Bertz CT molecular complexity index is 774. The molecule has 1 N–H and O–H groups in total. The molecule has 0 aromatic heterocycles. The van der Waals surface area contributed by atoms with Crippen molar-refractivity contribution in [2.45, 2.75) is 13.8 Å². The van der Waals surface area contributed by atoms with Gasteiger partial charge in [0.2, 0.25) is 0 Å². The quantitative estimate of drug-likeness (QED) is 0.805. The first-order chi connectivity index (χ1) is 11.4. The highest BCUT2D eigenvalue weighted by Gasteiger charge is 2.11. The zero-order valence-corrected chi connectivity index (χ0v) is 14.4. The lowest BCUT2D eigenvalue weighted by molar-refractivity contribution is -0.118. The predicted octanol–water partition coefficient (Wildman–Crippen LogP) is 3.88. The number of hydrogen-bond donors (Lipinski definition) is 1. The number of carbonyl (C=O) groups is 2. The maximum atomic E-state index is 12.0. The van der Waals surface area contributed by atoms with E-state index in [1.54, 1.807) is 30.3 Å². The number of Topliss-reactive ketones (excluding diaryl/α,β-unsaturated/α-hetero) is 1. The van der Waals surface area contributed by atoms with Crippen LogP contribution in [0.15, 0.2) is 36.4 Å². The normalized spacial score (nSPS) is 10.2. The standard InChI is InChI=1S/C18H18ClNO4/c1-11-4-6-15(14(19)8-11)20-18(22)10-24-16-7-5-13(12(2)21)9-17(16)23-3/h4-9H,10H2,1-3H3,(H,20,22). The van der Waals surface area contributed by atoms with E-state index in [1.165, 1.54) is 14.0 Å². The van der Waals surface area contributed by atoms with Crippen LogP contribution < -0.4 is 14.8 Å². The summed E-state index contributed by atoms with van der Waals surface area (Å²) in [6.45, 7) is 3.17. The molecule has 0 fully saturated rings. The lowest BCUT2D eigenvalue weighted by Crippen LogP contribution is -2.20. The second kappa shape index (κ2) is 7.84. The van der Waals surface area contributed by atoms with Gasteiger partial charge in [-0.3, -0.25) is 9.59 Å². The van der Waals surface area contributed by atoms with Crippen molar-refractivity contribution < 1.29 is 19.1 Å². The van der Waals surface area contributed by atoms with Gasteiger partial charge in [0.25, 0.3) is 5.91 Å². The van der Waals surface area contributed by atoms with Gasteiger partial charge in [0, 0.05) is 5.56 Å². The molecule has 2 rings (SSSR count). The number of hydrogen-bond acceptors (Lipinski definition) is 4. The van der Waals surface area contributed by atoms with Crippen LogP contribution in [0.2, 0.25) is 5.02 Å². The van der Waals surface area contributed by atoms with Crippen LogP contribution in [0.25, 0.3) is 0 Å². The molecule has 0 atom stereocenters. The fourth-order valence-electron chi connectivity index (χ4n) is 2.06. The molecule has 126 valence electrons. The maximum Gasteiger partial charge on any atom is 0.262 e. The van der Waals surface area contributed by atoms with Crippen molar-refractivity contribution >= 4 is 29.0 Å².